The van der Waals surface area contributed by atoms with E-state index in [-0.39, 0.29) is 25.7 Å². The van der Waals surface area contributed by atoms with E-state index in [0.29, 0.717) is 5.92 Å². The molecule has 0 aliphatic heterocycles. The van der Waals surface area contributed by atoms with Gasteiger partial charge in [-0.3, -0.25) is 0 Å². The Kier molecular flexibility index (Phi) is 14.0. The Hall–Kier alpha value is -2.37. The predicted molar refractivity (Wildman–Crippen MR) is 196 cm³/mol. The van der Waals surface area contributed by atoms with E-state index in [0.717, 1.165) is 5.92 Å². The van der Waals surface area contributed by atoms with E-state index in [2.05, 4.69) is 122 Å². The molecule has 1 aliphatic carbocycles. The van der Waals surface area contributed by atoms with Crippen molar-refractivity contribution in [3.63, 3.8) is 0 Å². The van der Waals surface area contributed by atoms with Crippen LogP contribution >= 0.6 is 0 Å². The van der Waals surface area contributed by atoms with Gasteiger partial charge in [-0.25, -0.2) is 12.1 Å². The van der Waals surface area contributed by atoms with Crippen LogP contribution in [0.15, 0.2) is 97.1 Å². The zero-order chi connectivity index (χ0) is 30.5. The van der Waals surface area contributed by atoms with Crippen molar-refractivity contribution in [2.45, 2.75) is 97.8 Å². The molecular formula is C43H56Zr-4. The van der Waals surface area contributed by atoms with Crippen LogP contribution in [-0.2, 0) is 35.1 Å². The van der Waals surface area contributed by atoms with Crippen LogP contribution < -0.4 is 0 Å². The number of fused-ring (bicyclic) bond motifs is 3. The third-order valence-electron chi connectivity index (χ3n) is 8.64. The first kappa shape index (κ1) is 37.8. The summed E-state index contributed by atoms with van der Waals surface area (Å²) in [7, 11) is 0. The van der Waals surface area contributed by atoms with Crippen LogP contribution in [0.4, 0.5) is 0 Å². The SMILES string of the molecule is CC(C)(C)c1ccc2c(c1)[cH-]c1cc(C(C)(C)C)ccc12.CC(C)c1ccc([C](=[Zr])C2CCCC2)cc1.[CH3-].[CH3-].c1cc[cH-]c1. The summed E-state index contributed by atoms with van der Waals surface area (Å²) >= 11 is 1.61. The molecule has 5 aromatic carbocycles. The molecule has 0 nitrogen and oxygen atoms in total. The van der Waals surface area contributed by atoms with Crippen LogP contribution in [-0.4, -0.2) is 3.21 Å². The quantitative estimate of drug-likeness (QED) is 0.169. The Balaban J connectivity index is 0.000000260. The Morgan fingerprint density at radius 2 is 1.16 bits per heavy atom. The zero-order valence-electron chi connectivity index (χ0n) is 29.2. The molecule has 0 radical (unpaired) electrons. The fourth-order valence-corrected chi connectivity index (χ4v) is 6.89. The molecule has 0 atom stereocenters. The van der Waals surface area contributed by atoms with E-state index >= 15 is 0 Å². The molecule has 0 heterocycles. The zero-order valence-corrected chi connectivity index (χ0v) is 31.7. The minimum absolute atomic E-state index is 0. The van der Waals surface area contributed by atoms with E-state index in [1.807, 2.05) is 30.3 Å². The van der Waals surface area contributed by atoms with Crippen molar-refractivity contribution in [3.8, 4) is 0 Å². The number of benzene rings is 3. The fraction of sp³-hybridized carbons (Fsp3) is 0.372. The van der Waals surface area contributed by atoms with Gasteiger partial charge in [0, 0.05) is 0 Å². The summed E-state index contributed by atoms with van der Waals surface area (Å²) < 4.78 is 1.69. The minimum Gasteiger partial charge on any atom is -0.358 e. The average Bonchev–Trinajstić information content (AvgIpc) is 3.74. The first-order valence-corrected chi connectivity index (χ1v) is 17.1. The van der Waals surface area contributed by atoms with Crippen molar-refractivity contribution in [2.75, 3.05) is 0 Å². The minimum atomic E-state index is 0. The first-order chi connectivity index (χ1) is 19.8. The summed E-state index contributed by atoms with van der Waals surface area (Å²) in [4.78, 5) is 0. The molecule has 0 spiro atoms. The summed E-state index contributed by atoms with van der Waals surface area (Å²) in [6.45, 7) is 18.2. The van der Waals surface area contributed by atoms with Crippen molar-refractivity contribution in [2.24, 2.45) is 5.92 Å². The van der Waals surface area contributed by atoms with Crippen LogP contribution in [0.1, 0.15) is 109 Å². The second-order valence-electron chi connectivity index (χ2n) is 14.4. The molecule has 5 aromatic rings. The molecule has 1 saturated carbocycles. The monoisotopic (exact) mass is 662 g/mol. The van der Waals surface area contributed by atoms with Gasteiger partial charge in [0.2, 0.25) is 0 Å². The molecular weight excluding hydrogens is 608 g/mol. The van der Waals surface area contributed by atoms with Gasteiger partial charge in [0.15, 0.2) is 0 Å². The van der Waals surface area contributed by atoms with Gasteiger partial charge >= 0.3 is 114 Å². The molecule has 1 aliphatic rings. The molecule has 0 saturated heterocycles. The third kappa shape index (κ3) is 9.81. The maximum Gasteiger partial charge on any atom is -0.172 e. The summed E-state index contributed by atoms with van der Waals surface area (Å²) in [5, 5.41) is 5.48. The van der Waals surface area contributed by atoms with Crippen LogP contribution in [0.25, 0.3) is 21.5 Å². The largest absolute Gasteiger partial charge is 0.358 e. The Bertz CT molecular complexity index is 1470. The van der Waals surface area contributed by atoms with Crippen molar-refractivity contribution < 1.29 is 24.2 Å². The molecule has 0 amide bonds. The van der Waals surface area contributed by atoms with Crippen molar-refractivity contribution in [1.29, 1.82) is 0 Å². The molecule has 0 aromatic heterocycles. The maximum atomic E-state index is 2.35. The second kappa shape index (κ2) is 16.3. The van der Waals surface area contributed by atoms with Crippen LogP contribution in [0.5, 0.6) is 0 Å². The third-order valence-corrected chi connectivity index (χ3v) is 10.4. The molecule has 44 heavy (non-hydrogen) atoms. The molecule has 1 heteroatoms. The van der Waals surface area contributed by atoms with Gasteiger partial charge in [0.05, 0.1) is 0 Å². The predicted octanol–water partition coefficient (Wildman–Crippen LogP) is 12.7. The first-order valence-electron chi connectivity index (χ1n) is 15.8. The van der Waals surface area contributed by atoms with E-state index in [9.17, 15) is 0 Å². The Morgan fingerprint density at radius 1 is 0.705 bits per heavy atom. The van der Waals surface area contributed by atoms with E-state index in [1.54, 1.807) is 27.4 Å². The van der Waals surface area contributed by atoms with Crippen molar-refractivity contribution >= 4 is 24.8 Å². The van der Waals surface area contributed by atoms with Crippen molar-refractivity contribution in [3.05, 3.63) is 134 Å². The van der Waals surface area contributed by atoms with E-state index < -0.39 is 0 Å². The van der Waals surface area contributed by atoms with Crippen LogP contribution in [0.2, 0.25) is 0 Å². The maximum absolute atomic E-state index is 2.35. The van der Waals surface area contributed by atoms with E-state index in [4.69, 9.17) is 0 Å². The molecule has 0 unspecified atom stereocenters. The van der Waals surface area contributed by atoms with Crippen molar-refractivity contribution in [1.82, 2.24) is 0 Å². The summed E-state index contributed by atoms with van der Waals surface area (Å²) in [5.41, 5.74) is 6.17. The molecule has 1 fully saturated rings. The number of rotatable bonds is 3. The number of hydrogen-bond acceptors (Lipinski definition) is 0. The second-order valence-corrected chi connectivity index (χ2v) is 15.7. The van der Waals surface area contributed by atoms with E-state index in [1.165, 1.54) is 69.5 Å². The standard InChI is InChI=1S/C21H25.C15H20.C5H5.2CH3.Zr/c1-20(2,3)16-7-9-18-14(12-16)11-15-13-17(21(4,5)6)8-10-19(15)18;1-12(2)15-9-7-14(8-10-15)11-13-5-3-4-6-13;1-2-4-5-3-1;;;/h7-13H,1-6H3;7-10,12-13H,3-6H2,1-2H3;1-5H;2*1H3;/q-1;;3*-1;. The van der Waals surface area contributed by atoms with Gasteiger partial charge in [0.25, 0.3) is 0 Å². The summed E-state index contributed by atoms with van der Waals surface area (Å²) in [5.74, 6) is 1.54. The van der Waals surface area contributed by atoms with Gasteiger partial charge in [-0.05, 0) is 10.8 Å². The molecule has 0 N–H and O–H groups in total. The van der Waals surface area contributed by atoms with Gasteiger partial charge in [-0.2, -0.15) is 18.2 Å². The van der Waals surface area contributed by atoms with Crippen LogP contribution in [0, 0.1) is 20.8 Å². The number of hydrogen-bond donors (Lipinski definition) is 0. The molecule has 236 valence electrons. The molecule has 6 rings (SSSR count). The van der Waals surface area contributed by atoms with Gasteiger partial charge < -0.3 is 14.9 Å². The van der Waals surface area contributed by atoms with Gasteiger partial charge in [-0.1, -0.05) is 76.9 Å². The van der Waals surface area contributed by atoms with Gasteiger partial charge in [-0.15, -0.1) is 39.7 Å². The topological polar surface area (TPSA) is 0 Å². The summed E-state index contributed by atoms with van der Waals surface area (Å²) in [6, 6.07) is 35.4. The normalized spacial score (nSPS) is 13.4. The van der Waals surface area contributed by atoms with Gasteiger partial charge in [0.1, 0.15) is 0 Å². The average molecular weight is 664 g/mol. The Morgan fingerprint density at radius 3 is 1.52 bits per heavy atom. The Labute approximate surface area is 285 Å². The summed E-state index contributed by atoms with van der Waals surface area (Å²) in [6.07, 6.45) is 5.72. The molecule has 0 bridgehead atoms. The fourth-order valence-electron chi connectivity index (χ4n) is 5.77. The van der Waals surface area contributed by atoms with Crippen LogP contribution in [0.3, 0.4) is 0 Å². The smallest absolute Gasteiger partial charge is 0.172 e.